The van der Waals surface area contributed by atoms with Gasteiger partial charge in [-0.05, 0) is 0 Å². The number of carbonyl (C=O) groups is 2. The first-order valence-corrected chi connectivity index (χ1v) is 4.21. The fourth-order valence-corrected chi connectivity index (χ4v) is 1.26. The van der Waals surface area contributed by atoms with E-state index >= 15 is 0 Å². The quantitative estimate of drug-likeness (QED) is 0.388. The molecule has 0 rings (SSSR count). The van der Waals surface area contributed by atoms with E-state index in [1.807, 2.05) is 0 Å². The van der Waals surface area contributed by atoms with Crippen LogP contribution in [0.3, 0.4) is 0 Å². The third kappa shape index (κ3) is 2.66. The van der Waals surface area contributed by atoms with Crippen LogP contribution in [0.15, 0.2) is 0 Å². The van der Waals surface area contributed by atoms with Crippen molar-refractivity contribution < 1.29 is 27.3 Å². The molecule has 0 bridgehead atoms. The minimum atomic E-state index is -3.48. The molecule has 0 unspecified atom stereocenters. The molecule has 0 N–H and O–H groups in total. The Balaban J connectivity index is 4.17. The molecule has 0 aliphatic heterocycles. The average Bonchev–Trinajstić information content (AvgIpc) is 2.04. The molecule has 0 heterocycles. The summed E-state index contributed by atoms with van der Waals surface area (Å²) in [6.07, 6.45) is 0. The van der Waals surface area contributed by atoms with Crippen LogP contribution >= 0.6 is 0 Å². The molecule has 11 heavy (non-hydrogen) atoms. The highest BCUT2D eigenvalue weighted by atomic mass is 28.4. The molecule has 0 spiro atoms. The number of carbonyl (C=O) groups excluding carboxylic acids is 2. The molecule has 0 atom stereocenters. The van der Waals surface area contributed by atoms with Crippen molar-refractivity contribution in [2.75, 3.05) is 14.2 Å². The van der Waals surface area contributed by atoms with Crippen LogP contribution in [0.1, 0.15) is 0 Å². The largest absolute Gasteiger partial charge is 0.823 e. The lowest BCUT2D eigenvalue weighted by Crippen LogP contribution is -2.46. The normalized spacial score (nSPS) is 10.4. The summed E-state index contributed by atoms with van der Waals surface area (Å²) in [6.45, 7) is 0.200. The first-order valence-electron chi connectivity index (χ1n) is 2.58. The van der Waals surface area contributed by atoms with E-state index in [0.29, 0.717) is 0 Å². The van der Waals surface area contributed by atoms with Crippen LogP contribution in [-0.4, -0.2) is 36.2 Å². The molecule has 0 aromatic rings. The van der Waals surface area contributed by atoms with Gasteiger partial charge in [0, 0.05) is 14.2 Å². The van der Waals surface area contributed by atoms with Gasteiger partial charge in [-0.1, -0.05) is 0 Å². The SMILES string of the molecule is CO[Si](OC)(OC=O)OC=O. The lowest BCUT2D eigenvalue weighted by Gasteiger charge is -2.18. The van der Waals surface area contributed by atoms with E-state index in [1.165, 1.54) is 14.2 Å². The zero-order valence-corrected chi connectivity index (χ0v) is 7.10. The lowest BCUT2D eigenvalue weighted by atomic mass is 11.7. The average molecular weight is 180 g/mol. The van der Waals surface area contributed by atoms with Crippen molar-refractivity contribution in [2.45, 2.75) is 0 Å². The summed E-state index contributed by atoms with van der Waals surface area (Å²) in [6, 6.07) is 0. The molecule has 0 radical (unpaired) electrons. The van der Waals surface area contributed by atoms with Gasteiger partial charge >= 0.3 is 9.05 Å². The number of hydrogen-bond donors (Lipinski definition) is 0. The molecule has 64 valence electrons. The Bertz CT molecular complexity index is 121. The van der Waals surface area contributed by atoms with E-state index in [1.54, 1.807) is 0 Å². The van der Waals surface area contributed by atoms with Gasteiger partial charge in [0.2, 0.25) is 0 Å². The van der Waals surface area contributed by atoms with Gasteiger partial charge in [0.05, 0.1) is 0 Å². The molecule has 0 aliphatic rings. The van der Waals surface area contributed by atoms with Crippen LogP contribution in [0.4, 0.5) is 0 Å². The maximum atomic E-state index is 9.87. The Kier molecular flexibility index (Phi) is 4.42. The molecule has 0 saturated heterocycles. The Labute approximate surface area is 64.5 Å². The van der Waals surface area contributed by atoms with Crippen LogP contribution in [0.2, 0.25) is 0 Å². The molecule has 7 heteroatoms. The topological polar surface area (TPSA) is 71.1 Å². The Morgan fingerprint density at radius 3 is 1.55 bits per heavy atom. The van der Waals surface area contributed by atoms with Gasteiger partial charge < -0.3 is 17.7 Å². The van der Waals surface area contributed by atoms with Crippen molar-refractivity contribution in [1.82, 2.24) is 0 Å². The van der Waals surface area contributed by atoms with E-state index in [4.69, 9.17) is 0 Å². The maximum Gasteiger partial charge on any atom is 0.823 e. The van der Waals surface area contributed by atoms with E-state index in [-0.39, 0.29) is 12.9 Å². The highest BCUT2D eigenvalue weighted by Gasteiger charge is 2.48. The van der Waals surface area contributed by atoms with E-state index in [0.717, 1.165) is 0 Å². The smallest absolute Gasteiger partial charge is 0.445 e. The predicted molar refractivity (Wildman–Crippen MR) is 34.1 cm³/mol. The second-order valence-electron chi connectivity index (χ2n) is 1.34. The van der Waals surface area contributed by atoms with Gasteiger partial charge in [0.1, 0.15) is 0 Å². The summed E-state index contributed by atoms with van der Waals surface area (Å²) in [4.78, 5) is 19.7. The molecule has 0 fully saturated rings. The van der Waals surface area contributed by atoms with Gasteiger partial charge in [-0.15, -0.1) is 0 Å². The summed E-state index contributed by atoms with van der Waals surface area (Å²) in [5, 5.41) is 0. The van der Waals surface area contributed by atoms with Crippen LogP contribution in [0, 0.1) is 0 Å². The van der Waals surface area contributed by atoms with E-state index in [9.17, 15) is 9.59 Å². The highest BCUT2D eigenvalue weighted by Crippen LogP contribution is 2.05. The zero-order chi connectivity index (χ0) is 8.74. The van der Waals surface area contributed by atoms with Gasteiger partial charge in [-0.25, -0.2) is 0 Å². The van der Waals surface area contributed by atoms with Crippen LogP contribution in [0.25, 0.3) is 0 Å². The van der Waals surface area contributed by atoms with Crippen molar-refractivity contribution in [1.29, 1.82) is 0 Å². The summed E-state index contributed by atoms with van der Waals surface area (Å²) in [7, 11) is -1.06. The molecule has 0 amide bonds. The first kappa shape index (κ1) is 10.1. The monoisotopic (exact) mass is 180 g/mol. The van der Waals surface area contributed by atoms with Crippen molar-refractivity contribution in [2.24, 2.45) is 0 Å². The summed E-state index contributed by atoms with van der Waals surface area (Å²) >= 11 is 0. The Morgan fingerprint density at radius 2 is 1.36 bits per heavy atom. The summed E-state index contributed by atoms with van der Waals surface area (Å²) in [5.41, 5.74) is 0. The van der Waals surface area contributed by atoms with Crippen molar-refractivity contribution in [3.05, 3.63) is 0 Å². The fraction of sp³-hybridized carbons (Fsp3) is 0.500. The minimum Gasteiger partial charge on any atom is -0.445 e. The maximum absolute atomic E-state index is 9.87. The van der Waals surface area contributed by atoms with Gasteiger partial charge in [-0.3, -0.25) is 9.59 Å². The third-order valence-corrected chi connectivity index (χ3v) is 2.65. The molecular formula is C4H8O6Si. The van der Waals surface area contributed by atoms with Crippen molar-refractivity contribution in [3.8, 4) is 0 Å². The van der Waals surface area contributed by atoms with Crippen LogP contribution < -0.4 is 0 Å². The molecule has 0 saturated carbocycles. The van der Waals surface area contributed by atoms with Crippen molar-refractivity contribution >= 4 is 22.0 Å². The molecule has 0 aromatic carbocycles. The van der Waals surface area contributed by atoms with Gasteiger partial charge in [-0.2, -0.15) is 0 Å². The van der Waals surface area contributed by atoms with Crippen LogP contribution in [-0.2, 0) is 27.3 Å². The minimum absolute atomic E-state index is 0.0999. The standard InChI is InChI=1S/C4H8O6Si/c1-7-11(8-2,9-3-5)10-4-6/h3-4H,1-2H3. The number of hydrogen-bond acceptors (Lipinski definition) is 6. The highest BCUT2D eigenvalue weighted by molar-refractivity contribution is 6.56. The molecule has 0 aromatic heterocycles. The lowest BCUT2D eigenvalue weighted by molar-refractivity contribution is -0.135. The van der Waals surface area contributed by atoms with Crippen LogP contribution in [0.5, 0.6) is 0 Å². The third-order valence-electron chi connectivity index (χ3n) is 0.885. The second-order valence-corrected chi connectivity index (χ2v) is 3.62. The van der Waals surface area contributed by atoms with Crippen molar-refractivity contribution in [3.63, 3.8) is 0 Å². The predicted octanol–water partition coefficient (Wildman–Crippen LogP) is -0.939. The Morgan fingerprint density at radius 1 is 1.00 bits per heavy atom. The molecular weight excluding hydrogens is 172 g/mol. The first-order chi connectivity index (χ1) is 5.24. The van der Waals surface area contributed by atoms with Gasteiger partial charge in [0.15, 0.2) is 0 Å². The fourth-order valence-electron chi connectivity index (χ4n) is 0.421. The van der Waals surface area contributed by atoms with E-state index < -0.39 is 9.05 Å². The zero-order valence-electron chi connectivity index (χ0n) is 6.10. The molecule has 0 aliphatic carbocycles. The summed E-state index contributed by atoms with van der Waals surface area (Å²) < 4.78 is 17.8. The molecule has 6 nitrogen and oxygen atoms in total. The summed E-state index contributed by atoms with van der Waals surface area (Å²) in [5.74, 6) is 0. The van der Waals surface area contributed by atoms with Gasteiger partial charge in [0.25, 0.3) is 12.9 Å². The Hall–Kier alpha value is -0.923. The van der Waals surface area contributed by atoms with E-state index in [2.05, 4.69) is 17.7 Å². The number of rotatable bonds is 6. The second kappa shape index (κ2) is 4.83.